The quantitative estimate of drug-likeness (QED) is 0.768. The molecule has 2 aromatic rings. The molecule has 2 N–H and O–H groups in total. The summed E-state index contributed by atoms with van der Waals surface area (Å²) in [6, 6.07) is 6.59. The molecular formula is C17H27N3. The van der Waals surface area contributed by atoms with Crippen LogP contribution in [0.25, 0.3) is 11.0 Å². The molecule has 1 aromatic carbocycles. The highest BCUT2D eigenvalue weighted by Crippen LogP contribution is 2.22. The van der Waals surface area contributed by atoms with Gasteiger partial charge in [0.2, 0.25) is 0 Å². The van der Waals surface area contributed by atoms with E-state index in [1.807, 2.05) is 6.92 Å². The monoisotopic (exact) mass is 273 g/mol. The number of nitrogens with two attached hydrogens (primary N) is 1. The van der Waals surface area contributed by atoms with Crippen LogP contribution in [0.3, 0.4) is 0 Å². The normalized spacial score (nSPS) is 13.0. The zero-order chi connectivity index (χ0) is 14.5. The van der Waals surface area contributed by atoms with Gasteiger partial charge in [-0.1, -0.05) is 39.2 Å². The highest BCUT2D eigenvalue weighted by atomic mass is 15.1. The minimum Gasteiger partial charge on any atom is -0.327 e. The van der Waals surface area contributed by atoms with E-state index in [1.165, 1.54) is 36.8 Å². The fourth-order valence-electron chi connectivity index (χ4n) is 2.69. The van der Waals surface area contributed by atoms with E-state index >= 15 is 0 Å². The van der Waals surface area contributed by atoms with Crippen molar-refractivity contribution in [2.45, 2.75) is 65.5 Å². The number of hydrogen-bond donors (Lipinski definition) is 1. The molecule has 0 fully saturated rings. The van der Waals surface area contributed by atoms with Gasteiger partial charge in [0.15, 0.2) is 0 Å². The van der Waals surface area contributed by atoms with E-state index in [2.05, 4.69) is 36.6 Å². The molecule has 0 radical (unpaired) electrons. The minimum atomic E-state index is -0.0151. The molecule has 0 spiro atoms. The lowest BCUT2D eigenvalue weighted by Gasteiger charge is -2.11. The lowest BCUT2D eigenvalue weighted by Crippen LogP contribution is -2.13. The Kier molecular flexibility index (Phi) is 5.18. The number of aromatic nitrogens is 2. The van der Waals surface area contributed by atoms with E-state index < -0.39 is 0 Å². The van der Waals surface area contributed by atoms with Gasteiger partial charge in [0, 0.05) is 6.54 Å². The Morgan fingerprint density at radius 3 is 2.65 bits per heavy atom. The number of rotatable bonds is 7. The van der Waals surface area contributed by atoms with Crippen LogP contribution < -0.4 is 5.73 Å². The Morgan fingerprint density at radius 2 is 2.00 bits per heavy atom. The summed E-state index contributed by atoms with van der Waals surface area (Å²) in [4.78, 5) is 4.76. The second-order valence-corrected chi connectivity index (χ2v) is 5.65. The number of benzene rings is 1. The first-order valence-electron chi connectivity index (χ1n) is 7.92. The summed E-state index contributed by atoms with van der Waals surface area (Å²) in [6.45, 7) is 7.46. The summed E-state index contributed by atoms with van der Waals surface area (Å²) in [7, 11) is 0. The summed E-state index contributed by atoms with van der Waals surface area (Å²) < 4.78 is 2.31. The summed E-state index contributed by atoms with van der Waals surface area (Å²) in [5.41, 5.74) is 9.75. The van der Waals surface area contributed by atoms with Crippen molar-refractivity contribution in [3.8, 4) is 0 Å². The fraction of sp³-hybridized carbons (Fsp3) is 0.588. The van der Waals surface area contributed by atoms with Crippen molar-refractivity contribution in [3.05, 3.63) is 29.6 Å². The Morgan fingerprint density at radius 1 is 1.20 bits per heavy atom. The molecule has 20 heavy (non-hydrogen) atoms. The number of aryl methyl sites for hydroxylation is 2. The van der Waals surface area contributed by atoms with Gasteiger partial charge < -0.3 is 10.3 Å². The smallest absolute Gasteiger partial charge is 0.126 e. The largest absolute Gasteiger partial charge is 0.327 e. The zero-order valence-electron chi connectivity index (χ0n) is 13.0. The Labute approximate surface area is 122 Å². The minimum absolute atomic E-state index is 0.0151. The molecule has 1 unspecified atom stereocenters. The average molecular weight is 273 g/mol. The van der Waals surface area contributed by atoms with Crippen LogP contribution in [0.4, 0.5) is 0 Å². The van der Waals surface area contributed by atoms with Crippen LogP contribution in [0, 0.1) is 0 Å². The van der Waals surface area contributed by atoms with Crippen molar-refractivity contribution in [2.75, 3.05) is 0 Å². The van der Waals surface area contributed by atoms with Gasteiger partial charge in [-0.15, -0.1) is 0 Å². The van der Waals surface area contributed by atoms with E-state index in [4.69, 9.17) is 10.7 Å². The van der Waals surface area contributed by atoms with E-state index in [1.54, 1.807) is 0 Å². The van der Waals surface area contributed by atoms with Gasteiger partial charge in [-0.2, -0.15) is 0 Å². The molecule has 0 aliphatic heterocycles. The number of nitrogens with zero attached hydrogens (tertiary/aromatic N) is 2. The van der Waals surface area contributed by atoms with E-state index in [9.17, 15) is 0 Å². The summed E-state index contributed by atoms with van der Waals surface area (Å²) >= 11 is 0. The topological polar surface area (TPSA) is 43.8 Å². The van der Waals surface area contributed by atoms with Gasteiger partial charge in [-0.05, 0) is 37.5 Å². The maximum absolute atomic E-state index is 6.10. The molecular weight excluding hydrogens is 246 g/mol. The molecule has 0 amide bonds. The first-order valence-corrected chi connectivity index (χ1v) is 7.92. The Bertz CT molecular complexity index is 555. The van der Waals surface area contributed by atoms with Crippen LogP contribution in [-0.2, 0) is 13.0 Å². The first kappa shape index (κ1) is 15.0. The van der Waals surface area contributed by atoms with Gasteiger partial charge in [-0.25, -0.2) is 4.98 Å². The molecule has 2 rings (SSSR count). The SMILES string of the molecule is CCCCCCn1c(C(C)N)nc2cc(CC)ccc21. The molecule has 1 atom stereocenters. The van der Waals surface area contributed by atoms with Crippen LogP contribution >= 0.6 is 0 Å². The molecule has 0 saturated carbocycles. The standard InChI is InChI=1S/C17H27N3/c1-4-6-7-8-11-20-16-10-9-14(5-2)12-15(16)19-17(20)13(3)18/h9-10,12-13H,4-8,11,18H2,1-3H3. The molecule has 0 aliphatic rings. The van der Waals surface area contributed by atoms with Gasteiger partial charge in [0.25, 0.3) is 0 Å². The number of fused-ring (bicyclic) bond motifs is 1. The summed E-state index contributed by atoms with van der Waals surface area (Å²) in [5, 5.41) is 0. The Hall–Kier alpha value is -1.35. The highest BCUT2D eigenvalue weighted by molar-refractivity contribution is 5.77. The second kappa shape index (κ2) is 6.89. The molecule has 0 saturated heterocycles. The Balaban J connectivity index is 2.31. The van der Waals surface area contributed by atoms with Gasteiger partial charge in [0.05, 0.1) is 17.1 Å². The summed E-state index contributed by atoms with van der Waals surface area (Å²) in [5.74, 6) is 1.02. The van der Waals surface area contributed by atoms with E-state index in [-0.39, 0.29) is 6.04 Å². The second-order valence-electron chi connectivity index (χ2n) is 5.65. The maximum Gasteiger partial charge on any atom is 0.126 e. The van der Waals surface area contributed by atoms with Crippen LogP contribution in [-0.4, -0.2) is 9.55 Å². The molecule has 0 bridgehead atoms. The lowest BCUT2D eigenvalue weighted by atomic mass is 10.1. The van der Waals surface area contributed by atoms with Crippen molar-refractivity contribution >= 4 is 11.0 Å². The lowest BCUT2D eigenvalue weighted by molar-refractivity contribution is 0.558. The predicted molar refractivity (Wildman–Crippen MR) is 85.9 cm³/mol. The molecule has 110 valence electrons. The third-order valence-electron chi connectivity index (χ3n) is 3.89. The van der Waals surface area contributed by atoms with E-state index in [0.717, 1.165) is 24.3 Å². The number of unbranched alkanes of at least 4 members (excludes halogenated alkanes) is 3. The van der Waals surface area contributed by atoms with Gasteiger partial charge in [0.1, 0.15) is 5.82 Å². The third kappa shape index (κ3) is 3.21. The van der Waals surface area contributed by atoms with Crippen molar-refractivity contribution in [2.24, 2.45) is 5.73 Å². The van der Waals surface area contributed by atoms with Gasteiger partial charge in [-0.3, -0.25) is 0 Å². The first-order chi connectivity index (χ1) is 9.67. The van der Waals surface area contributed by atoms with Gasteiger partial charge >= 0.3 is 0 Å². The van der Waals surface area contributed by atoms with Crippen molar-refractivity contribution in [3.63, 3.8) is 0 Å². The number of imidazole rings is 1. The molecule has 1 aromatic heterocycles. The van der Waals surface area contributed by atoms with Crippen molar-refractivity contribution in [1.82, 2.24) is 9.55 Å². The highest BCUT2D eigenvalue weighted by Gasteiger charge is 2.13. The molecule has 0 aliphatic carbocycles. The average Bonchev–Trinajstić information content (AvgIpc) is 2.81. The molecule has 3 heteroatoms. The summed E-state index contributed by atoms with van der Waals surface area (Å²) in [6.07, 6.45) is 6.10. The van der Waals surface area contributed by atoms with Crippen molar-refractivity contribution in [1.29, 1.82) is 0 Å². The fourth-order valence-corrected chi connectivity index (χ4v) is 2.69. The van der Waals surface area contributed by atoms with Crippen LogP contribution in [0.1, 0.15) is 63.9 Å². The van der Waals surface area contributed by atoms with Crippen LogP contribution in [0.15, 0.2) is 18.2 Å². The molecule has 3 nitrogen and oxygen atoms in total. The maximum atomic E-state index is 6.10. The van der Waals surface area contributed by atoms with Crippen LogP contribution in [0.5, 0.6) is 0 Å². The van der Waals surface area contributed by atoms with E-state index in [0.29, 0.717) is 0 Å². The van der Waals surface area contributed by atoms with Crippen molar-refractivity contribution < 1.29 is 0 Å². The zero-order valence-corrected chi connectivity index (χ0v) is 13.0. The molecule has 1 heterocycles. The van der Waals surface area contributed by atoms with Crippen LogP contribution in [0.2, 0.25) is 0 Å². The predicted octanol–water partition coefficient (Wildman–Crippen LogP) is 4.20. The third-order valence-corrected chi connectivity index (χ3v) is 3.89. The number of hydrogen-bond acceptors (Lipinski definition) is 2.